The fourth-order valence-electron chi connectivity index (χ4n) is 1.78. The van der Waals surface area contributed by atoms with Crippen molar-refractivity contribution in [3.63, 3.8) is 0 Å². The summed E-state index contributed by atoms with van der Waals surface area (Å²) in [5.41, 5.74) is 1.12. The van der Waals surface area contributed by atoms with Gasteiger partial charge < -0.3 is 9.67 Å². The molecule has 1 aromatic carbocycles. The van der Waals surface area contributed by atoms with E-state index in [0.717, 1.165) is 24.9 Å². The fourth-order valence-corrected chi connectivity index (χ4v) is 1.78. The van der Waals surface area contributed by atoms with E-state index in [-0.39, 0.29) is 6.10 Å². The van der Waals surface area contributed by atoms with Crippen molar-refractivity contribution in [2.75, 3.05) is 0 Å². The number of aliphatic hydroxyl groups excluding tert-OH is 1. The van der Waals surface area contributed by atoms with Crippen LogP contribution in [0.4, 0.5) is 0 Å². The molecule has 1 aromatic heterocycles. The molecule has 0 amide bonds. The van der Waals surface area contributed by atoms with Gasteiger partial charge in [-0.25, -0.2) is 4.98 Å². The van der Waals surface area contributed by atoms with E-state index in [1.165, 1.54) is 0 Å². The van der Waals surface area contributed by atoms with Crippen LogP contribution in [0.15, 0.2) is 55.1 Å². The molecule has 0 fully saturated rings. The first-order chi connectivity index (χ1) is 8.84. The molecule has 2 aromatic rings. The zero-order valence-corrected chi connectivity index (χ0v) is 10.3. The number of imidazole rings is 1. The number of aliphatic hydroxyl groups is 1. The lowest BCUT2D eigenvalue weighted by atomic mass is 10.1. The molecule has 0 aliphatic heterocycles. The summed E-state index contributed by atoms with van der Waals surface area (Å²) < 4.78 is 2.02. The van der Waals surface area contributed by atoms with Crippen LogP contribution in [0.1, 0.15) is 18.4 Å². The first-order valence-corrected chi connectivity index (χ1v) is 6.21. The monoisotopic (exact) mass is 242 g/mol. The minimum absolute atomic E-state index is 0.381. The molecule has 1 N–H and O–H groups in total. The Morgan fingerprint density at radius 3 is 2.83 bits per heavy atom. The summed E-state index contributed by atoms with van der Waals surface area (Å²) in [6, 6.07) is 10.0. The third-order valence-corrected chi connectivity index (χ3v) is 2.79. The van der Waals surface area contributed by atoms with Gasteiger partial charge >= 0.3 is 0 Å². The quantitative estimate of drug-likeness (QED) is 0.845. The van der Waals surface area contributed by atoms with Gasteiger partial charge in [0.2, 0.25) is 0 Å². The predicted molar refractivity (Wildman–Crippen MR) is 72.9 cm³/mol. The number of nitrogens with zero attached hydrogens (tertiary/aromatic N) is 2. The summed E-state index contributed by atoms with van der Waals surface area (Å²) in [5.74, 6) is 0. The van der Waals surface area contributed by atoms with E-state index in [4.69, 9.17) is 0 Å². The van der Waals surface area contributed by atoms with Gasteiger partial charge in [-0.1, -0.05) is 42.5 Å². The van der Waals surface area contributed by atoms with Crippen molar-refractivity contribution < 1.29 is 5.11 Å². The summed E-state index contributed by atoms with van der Waals surface area (Å²) in [6.45, 7) is 0.899. The highest BCUT2D eigenvalue weighted by Gasteiger charge is 1.99. The molecule has 1 heterocycles. The van der Waals surface area contributed by atoms with Crippen LogP contribution in [0.25, 0.3) is 6.08 Å². The Labute approximate surface area is 107 Å². The standard InChI is InChI=1S/C15H18N2O/c18-15(7-4-11-17-12-10-16-13-17)9-8-14-5-2-1-3-6-14/h1-3,5-6,8-10,12-13,15,18H,4,7,11H2. The lowest BCUT2D eigenvalue weighted by Gasteiger charge is -2.06. The van der Waals surface area contributed by atoms with Crippen LogP contribution in [-0.2, 0) is 6.54 Å². The molecule has 0 saturated heterocycles. The zero-order valence-electron chi connectivity index (χ0n) is 10.3. The number of benzene rings is 1. The second-order valence-electron chi connectivity index (χ2n) is 4.28. The highest BCUT2D eigenvalue weighted by atomic mass is 16.3. The molecule has 2 rings (SSSR count). The van der Waals surface area contributed by atoms with Crippen LogP contribution in [0.2, 0.25) is 0 Å². The van der Waals surface area contributed by atoms with Gasteiger partial charge in [-0.05, 0) is 18.4 Å². The molecular formula is C15H18N2O. The smallest absolute Gasteiger partial charge is 0.0945 e. The van der Waals surface area contributed by atoms with Gasteiger partial charge in [0.05, 0.1) is 12.4 Å². The minimum atomic E-state index is -0.381. The lowest BCUT2D eigenvalue weighted by Crippen LogP contribution is -2.04. The van der Waals surface area contributed by atoms with Gasteiger partial charge in [-0.3, -0.25) is 0 Å². The highest BCUT2D eigenvalue weighted by Crippen LogP contribution is 2.06. The highest BCUT2D eigenvalue weighted by molar-refractivity contribution is 5.49. The molecule has 0 bridgehead atoms. The molecule has 1 unspecified atom stereocenters. The average Bonchev–Trinajstić information content (AvgIpc) is 2.91. The van der Waals surface area contributed by atoms with Crippen molar-refractivity contribution in [2.24, 2.45) is 0 Å². The Morgan fingerprint density at radius 1 is 1.28 bits per heavy atom. The molecule has 0 saturated carbocycles. The third-order valence-electron chi connectivity index (χ3n) is 2.79. The molecule has 3 nitrogen and oxygen atoms in total. The van der Waals surface area contributed by atoms with Crippen LogP contribution in [0, 0.1) is 0 Å². The normalized spacial score (nSPS) is 12.9. The largest absolute Gasteiger partial charge is 0.389 e. The summed E-state index contributed by atoms with van der Waals surface area (Å²) in [7, 11) is 0. The fraction of sp³-hybridized carbons (Fsp3) is 0.267. The molecular weight excluding hydrogens is 224 g/mol. The molecule has 0 aliphatic carbocycles. The van der Waals surface area contributed by atoms with Crippen LogP contribution in [-0.4, -0.2) is 20.8 Å². The summed E-state index contributed by atoms with van der Waals surface area (Å²) in [5, 5.41) is 9.83. The summed E-state index contributed by atoms with van der Waals surface area (Å²) in [4.78, 5) is 3.98. The minimum Gasteiger partial charge on any atom is -0.389 e. The maximum Gasteiger partial charge on any atom is 0.0945 e. The Bertz CT molecular complexity index is 463. The van der Waals surface area contributed by atoms with Gasteiger partial charge in [-0.15, -0.1) is 0 Å². The van der Waals surface area contributed by atoms with Gasteiger partial charge in [-0.2, -0.15) is 0 Å². The topological polar surface area (TPSA) is 38.0 Å². The van der Waals surface area contributed by atoms with E-state index in [1.54, 1.807) is 12.5 Å². The van der Waals surface area contributed by atoms with Gasteiger partial charge in [0, 0.05) is 18.9 Å². The van der Waals surface area contributed by atoms with Crippen molar-refractivity contribution >= 4 is 6.08 Å². The van der Waals surface area contributed by atoms with Crippen molar-refractivity contribution in [1.29, 1.82) is 0 Å². The van der Waals surface area contributed by atoms with E-state index >= 15 is 0 Å². The Morgan fingerprint density at radius 2 is 2.11 bits per heavy atom. The molecule has 94 valence electrons. The number of hydrogen-bond acceptors (Lipinski definition) is 2. The van der Waals surface area contributed by atoms with E-state index in [9.17, 15) is 5.11 Å². The average molecular weight is 242 g/mol. The van der Waals surface area contributed by atoms with E-state index in [0.29, 0.717) is 0 Å². The Balaban J connectivity index is 1.72. The Hall–Kier alpha value is -1.87. The van der Waals surface area contributed by atoms with Gasteiger partial charge in [0.15, 0.2) is 0 Å². The molecule has 0 radical (unpaired) electrons. The molecule has 18 heavy (non-hydrogen) atoms. The van der Waals surface area contributed by atoms with Crippen LogP contribution >= 0.6 is 0 Å². The van der Waals surface area contributed by atoms with Gasteiger partial charge in [0.1, 0.15) is 0 Å². The Kier molecular flexibility index (Phi) is 4.73. The summed E-state index contributed by atoms with van der Waals surface area (Å²) in [6.07, 6.45) is 10.6. The number of hydrogen-bond donors (Lipinski definition) is 1. The first-order valence-electron chi connectivity index (χ1n) is 6.21. The summed E-state index contributed by atoms with van der Waals surface area (Å²) >= 11 is 0. The second-order valence-corrected chi connectivity index (χ2v) is 4.28. The molecule has 0 spiro atoms. The van der Waals surface area contributed by atoms with Crippen LogP contribution in [0.5, 0.6) is 0 Å². The second kappa shape index (κ2) is 6.77. The SMILES string of the molecule is OC(C=Cc1ccccc1)CCCn1ccnc1. The predicted octanol–water partition coefficient (Wildman–Crippen LogP) is 2.74. The van der Waals surface area contributed by atoms with Crippen molar-refractivity contribution in [1.82, 2.24) is 9.55 Å². The molecule has 3 heteroatoms. The maximum atomic E-state index is 9.83. The zero-order chi connectivity index (χ0) is 12.6. The van der Waals surface area contributed by atoms with Crippen molar-refractivity contribution in [3.05, 3.63) is 60.7 Å². The molecule has 1 atom stereocenters. The third kappa shape index (κ3) is 4.18. The van der Waals surface area contributed by atoms with E-state index in [2.05, 4.69) is 4.98 Å². The first kappa shape index (κ1) is 12.6. The number of rotatable bonds is 6. The lowest BCUT2D eigenvalue weighted by molar-refractivity contribution is 0.208. The molecule has 0 aliphatic rings. The maximum absolute atomic E-state index is 9.83. The van der Waals surface area contributed by atoms with Crippen LogP contribution < -0.4 is 0 Å². The number of aryl methyl sites for hydroxylation is 1. The van der Waals surface area contributed by atoms with Crippen molar-refractivity contribution in [2.45, 2.75) is 25.5 Å². The van der Waals surface area contributed by atoms with Gasteiger partial charge in [0.25, 0.3) is 0 Å². The van der Waals surface area contributed by atoms with Crippen LogP contribution in [0.3, 0.4) is 0 Å². The van der Waals surface area contributed by atoms with E-state index in [1.807, 2.05) is 53.2 Å². The van der Waals surface area contributed by atoms with E-state index < -0.39 is 0 Å². The van der Waals surface area contributed by atoms with Crippen molar-refractivity contribution in [3.8, 4) is 0 Å². The number of aromatic nitrogens is 2.